The third kappa shape index (κ3) is 2.71. The highest BCUT2D eigenvalue weighted by Gasteiger charge is 2.55. The predicted octanol–water partition coefficient (Wildman–Crippen LogP) is 3.69. The first-order valence-corrected chi connectivity index (χ1v) is 10.7. The monoisotopic (exact) mass is 396 g/mol. The number of fused-ring (bicyclic) bond motifs is 3. The van der Waals surface area contributed by atoms with Gasteiger partial charge in [0.05, 0.1) is 11.3 Å². The molecule has 6 nitrogen and oxygen atoms in total. The number of nitrogens with one attached hydrogen (secondary N) is 3. The average molecular weight is 397 g/mol. The minimum absolute atomic E-state index is 0.0170. The molecule has 1 aliphatic heterocycles. The summed E-state index contributed by atoms with van der Waals surface area (Å²) in [6.45, 7) is 3.98. The molecule has 7 heteroatoms. The van der Waals surface area contributed by atoms with Crippen molar-refractivity contribution in [3.8, 4) is 0 Å². The molecule has 6 rings (SSSR count). The number of rotatable bonds is 2. The summed E-state index contributed by atoms with van der Waals surface area (Å²) >= 11 is 1.53. The highest BCUT2D eigenvalue weighted by atomic mass is 32.1. The van der Waals surface area contributed by atoms with Gasteiger partial charge in [-0.2, -0.15) is 0 Å². The molecule has 2 heterocycles. The Balaban J connectivity index is 1.35. The molecule has 1 aromatic heterocycles. The number of thiazole rings is 1. The molecule has 2 amide bonds. The number of para-hydroxylation sites is 1. The zero-order valence-electron chi connectivity index (χ0n) is 16.0. The number of hydrogen-bond donors (Lipinski definition) is 3. The van der Waals surface area contributed by atoms with Gasteiger partial charge in [0.1, 0.15) is 5.66 Å². The summed E-state index contributed by atoms with van der Waals surface area (Å²) in [6, 6.07) is 7.65. The van der Waals surface area contributed by atoms with Gasteiger partial charge in [-0.15, -0.1) is 11.3 Å². The summed E-state index contributed by atoms with van der Waals surface area (Å²) in [5.74, 6) is 0.526. The first-order chi connectivity index (χ1) is 13.4. The van der Waals surface area contributed by atoms with Crippen LogP contribution in [0.3, 0.4) is 0 Å². The summed E-state index contributed by atoms with van der Waals surface area (Å²) in [7, 11) is 0. The number of nitrogens with zero attached hydrogens (tertiary/aromatic N) is 1. The van der Waals surface area contributed by atoms with Crippen molar-refractivity contribution in [1.82, 2.24) is 10.3 Å². The van der Waals surface area contributed by atoms with Crippen molar-refractivity contribution in [3.63, 3.8) is 0 Å². The van der Waals surface area contributed by atoms with Crippen LogP contribution >= 0.6 is 11.3 Å². The number of aryl methyl sites for hydroxylation is 2. The fourth-order valence-corrected chi connectivity index (χ4v) is 6.01. The normalized spacial score (nSPS) is 30.5. The fraction of sp³-hybridized carbons (Fsp3) is 0.476. The van der Waals surface area contributed by atoms with Crippen molar-refractivity contribution < 1.29 is 9.59 Å². The van der Waals surface area contributed by atoms with Crippen molar-refractivity contribution in [3.05, 3.63) is 40.4 Å². The zero-order valence-corrected chi connectivity index (χ0v) is 16.9. The van der Waals surface area contributed by atoms with E-state index in [1.807, 2.05) is 38.1 Å². The van der Waals surface area contributed by atoms with Gasteiger partial charge in [-0.1, -0.05) is 12.1 Å². The van der Waals surface area contributed by atoms with E-state index in [1.54, 1.807) is 0 Å². The third-order valence-electron chi connectivity index (χ3n) is 6.74. The topological polar surface area (TPSA) is 83.1 Å². The van der Waals surface area contributed by atoms with Crippen molar-refractivity contribution in [2.24, 2.45) is 17.8 Å². The minimum Gasteiger partial charge on any atom is -0.362 e. The van der Waals surface area contributed by atoms with Gasteiger partial charge in [0, 0.05) is 22.4 Å². The summed E-state index contributed by atoms with van der Waals surface area (Å²) in [6.07, 6.45) is 3.63. The van der Waals surface area contributed by atoms with Crippen LogP contribution < -0.4 is 16.0 Å². The summed E-state index contributed by atoms with van der Waals surface area (Å²) in [5.41, 5.74) is 2.13. The lowest BCUT2D eigenvalue weighted by molar-refractivity contribution is -0.126. The van der Waals surface area contributed by atoms with Crippen LogP contribution in [0, 0.1) is 31.6 Å². The zero-order chi connectivity index (χ0) is 19.5. The Morgan fingerprint density at radius 3 is 2.79 bits per heavy atom. The van der Waals surface area contributed by atoms with E-state index in [9.17, 15) is 9.59 Å². The number of benzene rings is 1. The van der Waals surface area contributed by atoms with Crippen LogP contribution in [0.2, 0.25) is 0 Å². The molecule has 1 aromatic carbocycles. The fourth-order valence-electron chi connectivity index (χ4n) is 5.19. The van der Waals surface area contributed by atoms with Crippen LogP contribution in [0.1, 0.15) is 46.6 Å². The van der Waals surface area contributed by atoms with E-state index < -0.39 is 5.66 Å². The molecule has 3 aliphatic carbocycles. The lowest BCUT2D eigenvalue weighted by Crippen LogP contribution is -2.67. The number of anilines is 2. The molecular formula is C21H24N4O2S. The number of amides is 2. The Bertz CT molecular complexity index is 952. The Morgan fingerprint density at radius 2 is 2.07 bits per heavy atom. The first-order valence-electron chi connectivity index (χ1n) is 9.90. The second kappa shape index (κ2) is 6.30. The maximum Gasteiger partial charge on any atom is 0.255 e. The molecule has 0 radical (unpaired) electrons. The van der Waals surface area contributed by atoms with Gasteiger partial charge in [0.15, 0.2) is 5.13 Å². The third-order valence-corrected chi connectivity index (χ3v) is 7.72. The molecule has 2 bridgehead atoms. The number of hydrogen-bond acceptors (Lipinski definition) is 5. The van der Waals surface area contributed by atoms with E-state index >= 15 is 0 Å². The molecule has 0 saturated heterocycles. The van der Waals surface area contributed by atoms with Crippen LogP contribution in [-0.2, 0) is 4.79 Å². The number of carbonyl (C=O) groups excluding carboxylic acids is 2. The average Bonchev–Trinajstić information content (AvgIpc) is 2.99. The Morgan fingerprint density at radius 1 is 1.25 bits per heavy atom. The summed E-state index contributed by atoms with van der Waals surface area (Å²) in [5, 5.41) is 10.6. The smallest absolute Gasteiger partial charge is 0.255 e. The van der Waals surface area contributed by atoms with E-state index in [0.717, 1.165) is 41.9 Å². The van der Waals surface area contributed by atoms with E-state index in [1.165, 1.54) is 11.3 Å². The Labute approximate surface area is 168 Å². The largest absolute Gasteiger partial charge is 0.362 e. The van der Waals surface area contributed by atoms with Crippen LogP contribution in [-0.4, -0.2) is 22.5 Å². The molecule has 3 saturated carbocycles. The summed E-state index contributed by atoms with van der Waals surface area (Å²) in [4.78, 5) is 31.2. The SMILES string of the molecule is Cc1nc(NC(=O)[C@@H]2C[C@H]3CC[C@@H]2C[C@@]32NC(=O)c3ccccc3N2)sc1C. The molecule has 2 aromatic rings. The van der Waals surface area contributed by atoms with Crippen molar-refractivity contribution in [1.29, 1.82) is 0 Å². The Kier molecular flexibility index (Phi) is 3.98. The standard InChI is InChI=1S/C21H24N4O2S/c1-11-12(2)28-20(22-11)23-18(26)16-9-14-8-7-13(16)10-21(14)24-17-6-4-3-5-15(17)19(27)25-21/h3-6,13-14,16,24H,7-10H2,1-2H3,(H,25,27)(H,22,23,26)/t13-,14-,16-,21-/m1/s1. The second-order valence-electron chi connectivity index (χ2n) is 8.33. The highest BCUT2D eigenvalue weighted by molar-refractivity contribution is 7.15. The molecule has 4 aliphatic rings. The number of carbonyl (C=O) groups is 2. The van der Waals surface area contributed by atoms with Gasteiger partial charge in [0.2, 0.25) is 5.91 Å². The summed E-state index contributed by atoms with van der Waals surface area (Å²) < 4.78 is 0. The Hall–Kier alpha value is -2.41. The van der Waals surface area contributed by atoms with E-state index in [2.05, 4.69) is 20.9 Å². The van der Waals surface area contributed by atoms with Crippen LogP contribution in [0.15, 0.2) is 24.3 Å². The van der Waals surface area contributed by atoms with Gasteiger partial charge < -0.3 is 16.0 Å². The second-order valence-corrected chi connectivity index (χ2v) is 9.53. The first kappa shape index (κ1) is 17.7. The maximum atomic E-state index is 13.0. The molecule has 28 heavy (non-hydrogen) atoms. The molecule has 3 N–H and O–H groups in total. The molecular weight excluding hydrogens is 372 g/mol. The lowest BCUT2D eigenvalue weighted by Gasteiger charge is -2.56. The van der Waals surface area contributed by atoms with Gasteiger partial charge in [0.25, 0.3) is 5.91 Å². The van der Waals surface area contributed by atoms with E-state index in [0.29, 0.717) is 10.7 Å². The van der Waals surface area contributed by atoms with Crippen molar-refractivity contribution in [2.45, 2.75) is 45.2 Å². The highest BCUT2D eigenvalue weighted by Crippen LogP contribution is 2.52. The molecule has 4 atom stereocenters. The van der Waals surface area contributed by atoms with Gasteiger partial charge in [-0.05, 0) is 57.6 Å². The molecule has 1 spiro atoms. The van der Waals surface area contributed by atoms with Gasteiger partial charge in [-0.25, -0.2) is 4.98 Å². The van der Waals surface area contributed by atoms with Crippen molar-refractivity contribution >= 4 is 34.0 Å². The minimum atomic E-state index is -0.431. The van der Waals surface area contributed by atoms with Gasteiger partial charge in [-0.3, -0.25) is 9.59 Å². The quantitative estimate of drug-likeness (QED) is 0.723. The maximum absolute atomic E-state index is 13.0. The van der Waals surface area contributed by atoms with Crippen molar-refractivity contribution in [2.75, 3.05) is 10.6 Å². The van der Waals surface area contributed by atoms with Gasteiger partial charge >= 0.3 is 0 Å². The molecule has 3 fully saturated rings. The molecule has 146 valence electrons. The van der Waals surface area contributed by atoms with E-state index in [4.69, 9.17) is 0 Å². The van der Waals surface area contributed by atoms with Crippen LogP contribution in [0.4, 0.5) is 10.8 Å². The molecule has 0 unspecified atom stereocenters. The van der Waals surface area contributed by atoms with Crippen LogP contribution in [0.25, 0.3) is 0 Å². The van der Waals surface area contributed by atoms with E-state index in [-0.39, 0.29) is 29.6 Å². The van der Waals surface area contributed by atoms with Crippen LogP contribution in [0.5, 0.6) is 0 Å². The lowest BCUT2D eigenvalue weighted by atomic mass is 9.58. The number of aromatic nitrogens is 1. The predicted molar refractivity (Wildman–Crippen MR) is 109 cm³/mol.